The van der Waals surface area contributed by atoms with Crippen molar-refractivity contribution in [2.24, 2.45) is 0 Å². The Morgan fingerprint density at radius 1 is 1.25 bits per heavy atom. The largest absolute Gasteiger partial charge is 0.381 e. The van der Waals surface area contributed by atoms with Crippen LogP contribution in [0.5, 0.6) is 0 Å². The first kappa shape index (κ1) is 21.2. The van der Waals surface area contributed by atoms with Gasteiger partial charge in [-0.25, -0.2) is 17.8 Å². The quantitative estimate of drug-likeness (QED) is 0.749. The molecule has 0 amide bonds. The Balaban J connectivity index is 1.94. The van der Waals surface area contributed by atoms with Gasteiger partial charge in [0, 0.05) is 13.4 Å². The van der Waals surface area contributed by atoms with Crippen molar-refractivity contribution in [3.63, 3.8) is 0 Å². The van der Waals surface area contributed by atoms with E-state index in [2.05, 4.69) is 9.97 Å². The average Bonchev–Trinajstić information content (AvgIpc) is 3.04. The average molecular weight is 431 g/mol. The maximum atomic E-state index is 13.6. The van der Waals surface area contributed by atoms with Crippen LogP contribution in [0.4, 0.5) is 4.39 Å². The molecule has 1 saturated carbocycles. The minimum Gasteiger partial charge on any atom is -0.381 e. The van der Waals surface area contributed by atoms with E-state index >= 15 is 0 Å². The lowest BCUT2D eigenvalue weighted by atomic mass is 9.94. The molecule has 0 spiro atoms. The number of aromatic nitrogens is 2. The van der Waals surface area contributed by atoms with Gasteiger partial charge in [-0.2, -0.15) is 0 Å². The molecule has 28 heavy (non-hydrogen) atoms. The van der Waals surface area contributed by atoms with E-state index in [1.807, 2.05) is 0 Å². The summed E-state index contributed by atoms with van der Waals surface area (Å²) in [6.45, 7) is 1.64. The van der Waals surface area contributed by atoms with Crippen LogP contribution in [0.3, 0.4) is 0 Å². The Hall–Kier alpha value is -1.48. The number of rotatable bonds is 6. The first-order chi connectivity index (χ1) is 13.2. The summed E-state index contributed by atoms with van der Waals surface area (Å²) in [5.74, 6) is -0.174. The highest BCUT2D eigenvalue weighted by Crippen LogP contribution is 2.33. The number of methoxy groups -OCH3 is 1. The summed E-state index contributed by atoms with van der Waals surface area (Å²) in [5, 5.41) is -0.0480. The van der Waals surface area contributed by atoms with Gasteiger partial charge in [0.15, 0.2) is 14.9 Å². The second-order valence-corrected chi connectivity index (χ2v) is 9.49. The molecule has 0 bridgehead atoms. The van der Waals surface area contributed by atoms with E-state index in [1.165, 1.54) is 12.1 Å². The van der Waals surface area contributed by atoms with Crippen LogP contribution >= 0.6 is 11.6 Å². The number of nitrogens with zero attached hydrogens (tertiary/aromatic N) is 1. The number of halogens is 2. The summed E-state index contributed by atoms with van der Waals surface area (Å²) >= 11 is 5.96. The number of hydrogen-bond acceptors (Lipinski definition) is 5. The van der Waals surface area contributed by atoms with Crippen molar-refractivity contribution in [2.45, 2.75) is 55.9 Å². The van der Waals surface area contributed by atoms with Crippen molar-refractivity contribution in [2.75, 3.05) is 13.4 Å². The summed E-state index contributed by atoms with van der Waals surface area (Å²) in [4.78, 5) is 7.29. The molecular weight excluding hydrogens is 407 g/mol. The summed E-state index contributed by atoms with van der Waals surface area (Å²) in [6.07, 6.45) is 3.97. The van der Waals surface area contributed by atoms with Crippen LogP contribution in [0, 0.1) is 12.7 Å². The van der Waals surface area contributed by atoms with E-state index in [9.17, 15) is 12.8 Å². The number of aryl methyl sites for hydroxylation is 1. The minimum atomic E-state index is -3.49. The van der Waals surface area contributed by atoms with Gasteiger partial charge in [-0.3, -0.25) is 0 Å². The second kappa shape index (κ2) is 8.49. The van der Waals surface area contributed by atoms with Gasteiger partial charge >= 0.3 is 0 Å². The monoisotopic (exact) mass is 430 g/mol. The molecule has 1 heterocycles. The molecule has 154 valence electrons. The molecular formula is C19H24ClFN2O4S. The van der Waals surface area contributed by atoms with E-state index in [0.717, 1.165) is 31.9 Å². The number of benzene rings is 1. The predicted molar refractivity (Wildman–Crippen MR) is 104 cm³/mol. The molecule has 1 N–H and O–H groups in total. The number of nitrogens with one attached hydrogen (secondary N) is 1. The van der Waals surface area contributed by atoms with E-state index < -0.39 is 21.8 Å². The molecule has 0 aliphatic heterocycles. The normalized spacial score (nSPS) is 21.6. The molecule has 1 aliphatic carbocycles. The fourth-order valence-electron chi connectivity index (χ4n) is 3.52. The molecule has 1 fully saturated rings. The number of H-pyrrole nitrogens is 1. The number of hydrogen-bond donors (Lipinski definition) is 1. The second-order valence-electron chi connectivity index (χ2n) is 7.15. The van der Waals surface area contributed by atoms with Gasteiger partial charge in [-0.15, -0.1) is 0 Å². The lowest BCUT2D eigenvalue weighted by Crippen LogP contribution is -2.27. The van der Waals surface area contributed by atoms with Crippen LogP contribution in [-0.4, -0.2) is 44.0 Å². The topological polar surface area (TPSA) is 81.3 Å². The van der Waals surface area contributed by atoms with Crippen LogP contribution in [0.15, 0.2) is 23.2 Å². The van der Waals surface area contributed by atoms with Gasteiger partial charge in [-0.05, 0) is 50.3 Å². The minimum absolute atomic E-state index is 0.0209. The van der Waals surface area contributed by atoms with Crippen LogP contribution in [0.1, 0.15) is 48.9 Å². The SMILES string of the molecule is CO[C@H]1CC[C@H](OC(c2ccc(F)c(Cl)c2)c2nc(S(C)(=O)=O)c(C)[nH]2)CC1. The smallest absolute Gasteiger partial charge is 0.194 e. The van der Waals surface area contributed by atoms with Gasteiger partial charge < -0.3 is 14.5 Å². The maximum Gasteiger partial charge on any atom is 0.194 e. The lowest BCUT2D eigenvalue weighted by Gasteiger charge is -2.30. The molecule has 1 unspecified atom stereocenters. The van der Waals surface area contributed by atoms with Crippen molar-refractivity contribution in [3.05, 3.63) is 46.1 Å². The van der Waals surface area contributed by atoms with Crippen molar-refractivity contribution in [1.29, 1.82) is 0 Å². The lowest BCUT2D eigenvalue weighted by molar-refractivity contribution is -0.0443. The zero-order chi connectivity index (χ0) is 20.5. The Labute approximate surface area is 169 Å². The first-order valence-corrected chi connectivity index (χ1v) is 11.4. The molecule has 1 aliphatic rings. The molecule has 1 aromatic heterocycles. The molecule has 1 aromatic carbocycles. The van der Waals surface area contributed by atoms with Gasteiger partial charge in [0.25, 0.3) is 0 Å². The standard InChI is InChI=1S/C19H24ClFN2O4S/c1-11-19(28(3,24)25)23-18(22-11)17(12-4-9-16(21)15(20)10-12)27-14-7-5-13(26-2)6-8-14/h4,9-10,13-14,17H,5-8H2,1-3H3,(H,22,23)/t13-,14-,17?. The van der Waals surface area contributed by atoms with Crippen molar-refractivity contribution >= 4 is 21.4 Å². The number of imidazole rings is 1. The number of aromatic amines is 1. The molecule has 6 nitrogen and oxygen atoms in total. The fourth-order valence-corrected chi connectivity index (χ4v) is 4.59. The molecule has 2 aromatic rings. The first-order valence-electron chi connectivity index (χ1n) is 9.08. The summed E-state index contributed by atoms with van der Waals surface area (Å²) in [6, 6.07) is 4.33. The maximum absolute atomic E-state index is 13.6. The Morgan fingerprint density at radius 3 is 2.43 bits per heavy atom. The Kier molecular flexibility index (Phi) is 6.44. The third-order valence-electron chi connectivity index (χ3n) is 4.99. The summed E-state index contributed by atoms with van der Waals surface area (Å²) in [7, 11) is -1.79. The highest BCUT2D eigenvalue weighted by atomic mass is 35.5. The van der Waals surface area contributed by atoms with Gasteiger partial charge in [0.2, 0.25) is 0 Å². The molecule has 9 heteroatoms. The Bertz CT molecular complexity index is 939. The summed E-state index contributed by atoms with van der Waals surface area (Å²) < 4.78 is 49.3. The van der Waals surface area contributed by atoms with E-state index in [1.54, 1.807) is 20.1 Å². The zero-order valence-corrected chi connectivity index (χ0v) is 17.6. The van der Waals surface area contributed by atoms with E-state index in [0.29, 0.717) is 17.1 Å². The highest BCUT2D eigenvalue weighted by Gasteiger charge is 2.29. The molecule has 0 saturated heterocycles. The van der Waals surface area contributed by atoms with Crippen LogP contribution < -0.4 is 0 Å². The van der Waals surface area contributed by atoms with Crippen molar-refractivity contribution < 1.29 is 22.3 Å². The van der Waals surface area contributed by atoms with E-state index in [4.69, 9.17) is 21.1 Å². The van der Waals surface area contributed by atoms with Crippen LogP contribution in [0.25, 0.3) is 0 Å². The van der Waals surface area contributed by atoms with Crippen LogP contribution in [0.2, 0.25) is 5.02 Å². The fraction of sp³-hybridized carbons (Fsp3) is 0.526. The van der Waals surface area contributed by atoms with Crippen LogP contribution in [-0.2, 0) is 19.3 Å². The van der Waals surface area contributed by atoms with Gasteiger partial charge in [-0.1, -0.05) is 17.7 Å². The third-order valence-corrected chi connectivity index (χ3v) is 6.38. The molecule has 3 rings (SSSR count). The summed E-state index contributed by atoms with van der Waals surface area (Å²) in [5.41, 5.74) is 1.04. The number of sulfone groups is 1. The molecule has 1 atom stereocenters. The van der Waals surface area contributed by atoms with Gasteiger partial charge in [0.1, 0.15) is 17.7 Å². The highest BCUT2D eigenvalue weighted by molar-refractivity contribution is 7.90. The molecule has 0 radical (unpaired) electrons. The van der Waals surface area contributed by atoms with E-state index in [-0.39, 0.29) is 22.3 Å². The third kappa shape index (κ3) is 4.74. The predicted octanol–water partition coefficient (Wildman–Crippen LogP) is 3.98. The number of ether oxygens (including phenoxy) is 2. The van der Waals surface area contributed by atoms with Crippen molar-refractivity contribution in [3.8, 4) is 0 Å². The zero-order valence-electron chi connectivity index (χ0n) is 16.0. The van der Waals surface area contributed by atoms with Crippen molar-refractivity contribution in [1.82, 2.24) is 9.97 Å². The van der Waals surface area contributed by atoms with Gasteiger partial charge in [0.05, 0.1) is 22.9 Å². The Morgan fingerprint density at radius 2 is 1.89 bits per heavy atom.